The van der Waals surface area contributed by atoms with Crippen molar-refractivity contribution < 1.29 is 18.4 Å². The Morgan fingerprint density at radius 2 is 1.54 bits per heavy atom. The molecule has 2 rings (SSSR count). The van der Waals surface area contributed by atoms with E-state index in [0.29, 0.717) is 0 Å². The number of benzene rings is 2. The van der Waals surface area contributed by atoms with Gasteiger partial charge >= 0.3 is 0 Å². The molecule has 2 amide bonds. The van der Waals surface area contributed by atoms with Crippen molar-refractivity contribution in [3.05, 3.63) is 59.2 Å². The fraction of sp³-hybridized carbons (Fsp3) is 0.263. The van der Waals surface area contributed by atoms with E-state index in [2.05, 4.69) is 10.6 Å². The number of nitrogens with one attached hydrogen (secondary N) is 2. The van der Waals surface area contributed by atoms with Gasteiger partial charge in [-0.15, -0.1) is 0 Å². The summed E-state index contributed by atoms with van der Waals surface area (Å²) >= 11 is 0. The Balaban J connectivity index is 1.89. The van der Waals surface area contributed by atoms with E-state index in [0.717, 1.165) is 35.0 Å². The maximum Gasteiger partial charge on any atom is 0.238 e. The van der Waals surface area contributed by atoms with Gasteiger partial charge in [-0.1, -0.05) is 18.2 Å². The third kappa shape index (κ3) is 5.35. The summed E-state index contributed by atoms with van der Waals surface area (Å²) in [6, 6.07) is 8.51. The maximum atomic E-state index is 13.5. The van der Waals surface area contributed by atoms with Crippen LogP contribution in [0, 0.1) is 25.5 Å². The van der Waals surface area contributed by atoms with Crippen LogP contribution in [0.25, 0.3) is 0 Å². The van der Waals surface area contributed by atoms with Gasteiger partial charge in [-0.05, 0) is 44.2 Å². The highest BCUT2D eigenvalue weighted by Crippen LogP contribution is 2.19. The van der Waals surface area contributed by atoms with Crippen molar-refractivity contribution in [1.82, 2.24) is 4.90 Å². The van der Waals surface area contributed by atoms with Gasteiger partial charge < -0.3 is 10.6 Å². The molecule has 0 radical (unpaired) electrons. The maximum absolute atomic E-state index is 13.5. The van der Waals surface area contributed by atoms with E-state index in [9.17, 15) is 18.4 Å². The molecule has 0 bridgehead atoms. The number of aryl methyl sites for hydroxylation is 2. The first-order valence-electron chi connectivity index (χ1n) is 8.06. The van der Waals surface area contributed by atoms with E-state index < -0.39 is 17.5 Å². The number of carbonyl (C=O) groups is 2. The van der Waals surface area contributed by atoms with Crippen LogP contribution in [0.2, 0.25) is 0 Å². The number of carbonyl (C=O) groups excluding carboxylic acids is 2. The zero-order valence-corrected chi connectivity index (χ0v) is 14.9. The number of anilines is 2. The molecule has 0 saturated heterocycles. The van der Waals surface area contributed by atoms with Crippen LogP contribution in [0.4, 0.5) is 20.2 Å². The lowest BCUT2D eigenvalue weighted by atomic mass is 10.1. The van der Waals surface area contributed by atoms with Crippen molar-refractivity contribution in [3.63, 3.8) is 0 Å². The average Bonchev–Trinajstić information content (AvgIpc) is 2.54. The van der Waals surface area contributed by atoms with Gasteiger partial charge in [0.2, 0.25) is 11.8 Å². The molecule has 2 aromatic carbocycles. The number of likely N-dealkylation sites (N-methyl/N-ethyl adjacent to an activating group) is 1. The molecule has 0 aromatic heterocycles. The number of amides is 2. The van der Waals surface area contributed by atoms with Gasteiger partial charge in [-0.3, -0.25) is 14.5 Å². The number of para-hydroxylation sites is 1. The van der Waals surface area contributed by atoms with E-state index in [1.165, 1.54) is 4.90 Å². The highest BCUT2D eigenvalue weighted by atomic mass is 19.1. The van der Waals surface area contributed by atoms with E-state index in [-0.39, 0.29) is 24.7 Å². The van der Waals surface area contributed by atoms with Gasteiger partial charge in [0.15, 0.2) is 0 Å². The van der Waals surface area contributed by atoms with Gasteiger partial charge in [-0.25, -0.2) is 8.78 Å². The number of hydrogen-bond donors (Lipinski definition) is 2. The number of hydrogen-bond acceptors (Lipinski definition) is 3. The van der Waals surface area contributed by atoms with E-state index in [1.54, 1.807) is 7.05 Å². The molecule has 0 spiro atoms. The standard InChI is InChI=1S/C19H21F2N3O2/c1-12-5-4-6-13(2)19(12)23-18(26)11-24(3)10-17(25)22-16-9-14(20)7-8-15(16)21/h4-9H,10-11H2,1-3H3,(H,22,25)(H,23,26). The summed E-state index contributed by atoms with van der Waals surface area (Å²) in [4.78, 5) is 25.6. The zero-order valence-electron chi connectivity index (χ0n) is 14.9. The van der Waals surface area contributed by atoms with Crippen LogP contribution in [0.1, 0.15) is 11.1 Å². The molecule has 0 atom stereocenters. The smallest absolute Gasteiger partial charge is 0.238 e. The Kier molecular flexibility index (Phi) is 6.41. The van der Waals surface area contributed by atoms with Gasteiger partial charge in [0, 0.05) is 11.8 Å². The molecular weight excluding hydrogens is 340 g/mol. The lowest BCUT2D eigenvalue weighted by molar-refractivity contribution is -0.119. The quantitative estimate of drug-likeness (QED) is 0.831. The van der Waals surface area contributed by atoms with Crippen molar-refractivity contribution in [3.8, 4) is 0 Å². The lowest BCUT2D eigenvalue weighted by Gasteiger charge is -2.17. The van der Waals surface area contributed by atoms with Crippen LogP contribution < -0.4 is 10.6 Å². The molecule has 5 nitrogen and oxygen atoms in total. The average molecular weight is 361 g/mol. The normalized spacial score (nSPS) is 10.7. The summed E-state index contributed by atoms with van der Waals surface area (Å²) in [7, 11) is 1.59. The summed E-state index contributed by atoms with van der Waals surface area (Å²) < 4.78 is 26.7. The Hall–Kier alpha value is -2.80. The molecule has 0 fully saturated rings. The molecule has 0 unspecified atom stereocenters. The second-order valence-corrected chi connectivity index (χ2v) is 6.16. The van der Waals surface area contributed by atoms with Crippen LogP contribution in [-0.4, -0.2) is 36.9 Å². The summed E-state index contributed by atoms with van der Waals surface area (Å²) in [5, 5.41) is 5.12. The topological polar surface area (TPSA) is 61.4 Å². The predicted octanol–water partition coefficient (Wildman–Crippen LogP) is 3.09. The first-order chi connectivity index (χ1) is 12.3. The minimum absolute atomic E-state index is 0.0210. The highest BCUT2D eigenvalue weighted by molar-refractivity contribution is 5.95. The zero-order chi connectivity index (χ0) is 19.3. The number of halogens is 2. The Morgan fingerprint density at radius 1 is 0.962 bits per heavy atom. The van der Waals surface area contributed by atoms with Crippen LogP contribution in [0.5, 0.6) is 0 Å². The van der Waals surface area contributed by atoms with Crippen molar-refractivity contribution >= 4 is 23.2 Å². The van der Waals surface area contributed by atoms with E-state index >= 15 is 0 Å². The molecule has 138 valence electrons. The lowest BCUT2D eigenvalue weighted by Crippen LogP contribution is -2.36. The molecular formula is C19H21F2N3O2. The van der Waals surface area contributed by atoms with Crippen LogP contribution in [-0.2, 0) is 9.59 Å². The van der Waals surface area contributed by atoms with Gasteiger partial charge in [0.25, 0.3) is 0 Å². The third-order valence-corrected chi connectivity index (χ3v) is 3.78. The molecule has 0 aliphatic carbocycles. The molecule has 2 aromatic rings. The molecule has 0 saturated carbocycles. The molecule has 2 N–H and O–H groups in total. The van der Waals surface area contributed by atoms with Crippen molar-refractivity contribution in [1.29, 1.82) is 0 Å². The van der Waals surface area contributed by atoms with E-state index in [4.69, 9.17) is 0 Å². The van der Waals surface area contributed by atoms with E-state index in [1.807, 2.05) is 32.0 Å². The first-order valence-corrected chi connectivity index (χ1v) is 8.06. The predicted molar refractivity (Wildman–Crippen MR) is 97.0 cm³/mol. The Bertz CT molecular complexity index is 804. The van der Waals surface area contributed by atoms with Crippen LogP contribution >= 0.6 is 0 Å². The summed E-state index contributed by atoms with van der Waals surface area (Å²) in [5.41, 5.74) is 2.40. The van der Waals surface area contributed by atoms with Crippen molar-refractivity contribution in [2.45, 2.75) is 13.8 Å². The largest absolute Gasteiger partial charge is 0.324 e. The van der Waals surface area contributed by atoms with Crippen LogP contribution in [0.15, 0.2) is 36.4 Å². The minimum Gasteiger partial charge on any atom is -0.324 e. The fourth-order valence-corrected chi connectivity index (χ4v) is 2.52. The molecule has 26 heavy (non-hydrogen) atoms. The van der Waals surface area contributed by atoms with Gasteiger partial charge in [0.1, 0.15) is 11.6 Å². The Labute approximate surface area is 151 Å². The first kappa shape index (κ1) is 19.5. The Morgan fingerprint density at radius 3 is 2.15 bits per heavy atom. The molecule has 0 heterocycles. The van der Waals surface area contributed by atoms with Crippen LogP contribution in [0.3, 0.4) is 0 Å². The molecule has 0 aliphatic rings. The SMILES string of the molecule is Cc1cccc(C)c1NC(=O)CN(C)CC(=O)Nc1cc(F)ccc1F. The van der Waals surface area contributed by atoms with Gasteiger partial charge in [-0.2, -0.15) is 0 Å². The summed E-state index contributed by atoms with van der Waals surface area (Å²) in [5.74, 6) is -2.19. The number of nitrogens with zero attached hydrogens (tertiary/aromatic N) is 1. The fourth-order valence-electron chi connectivity index (χ4n) is 2.52. The van der Waals surface area contributed by atoms with Crippen molar-refractivity contribution in [2.75, 3.05) is 30.8 Å². The van der Waals surface area contributed by atoms with Crippen molar-refractivity contribution in [2.24, 2.45) is 0 Å². The summed E-state index contributed by atoms with van der Waals surface area (Å²) in [6.07, 6.45) is 0. The highest BCUT2D eigenvalue weighted by Gasteiger charge is 2.14. The molecule has 0 aliphatic heterocycles. The second kappa shape index (κ2) is 8.53. The second-order valence-electron chi connectivity index (χ2n) is 6.16. The third-order valence-electron chi connectivity index (χ3n) is 3.78. The minimum atomic E-state index is -0.727. The monoisotopic (exact) mass is 361 g/mol. The van der Waals surface area contributed by atoms with Gasteiger partial charge in [0.05, 0.1) is 18.8 Å². The summed E-state index contributed by atoms with van der Waals surface area (Å²) in [6.45, 7) is 3.63. The number of rotatable bonds is 6. The molecule has 7 heteroatoms.